The van der Waals surface area contributed by atoms with E-state index in [4.69, 9.17) is 9.72 Å². The average molecular weight is 476 g/mol. The molecule has 184 valence electrons. The molecule has 0 amide bonds. The molecule has 0 aliphatic carbocycles. The Bertz CT molecular complexity index is 1200. The van der Waals surface area contributed by atoms with Gasteiger partial charge in [0.15, 0.2) is 0 Å². The Hall–Kier alpha value is -3.32. The predicted octanol–water partition coefficient (Wildman–Crippen LogP) is 5.92. The van der Waals surface area contributed by atoms with Gasteiger partial charge in [-0.3, -0.25) is 15.0 Å². The maximum Gasteiger partial charge on any atom is 0.147 e. The molecule has 0 aromatic carbocycles. The number of ether oxygens (including phenoxy) is 1. The van der Waals surface area contributed by atoms with Gasteiger partial charge >= 0.3 is 0 Å². The van der Waals surface area contributed by atoms with Gasteiger partial charge in [-0.25, -0.2) is 4.39 Å². The second-order valence-electron chi connectivity index (χ2n) is 9.40. The summed E-state index contributed by atoms with van der Waals surface area (Å²) in [6.07, 6.45) is 7.31. The van der Waals surface area contributed by atoms with Crippen molar-refractivity contribution < 1.29 is 9.13 Å². The molecule has 35 heavy (non-hydrogen) atoms. The topological polar surface area (TPSA) is 63.2 Å². The second-order valence-corrected chi connectivity index (χ2v) is 9.40. The van der Waals surface area contributed by atoms with Crippen molar-refractivity contribution in [2.75, 3.05) is 36.5 Å². The highest BCUT2D eigenvalue weighted by Gasteiger charge is 2.21. The van der Waals surface area contributed by atoms with Crippen LogP contribution in [0, 0.1) is 6.92 Å². The third-order valence-corrected chi connectivity index (χ3v) is 6.20. The van der Waals surface area contributed by atoms with E-state index in [0.29, 0.717) is 11.4 Å². The first-order valence-electron chi connectivity index (χ1n) is 12.2. The molecule has 1 N–H and O–H groups in total. The molecular weight excluding hydrogens is 441 g/mol. The number of nitrogens with one attached hydrogen (secondary N) is 1. The summed E-state index contributed by atoms with van der Waals surface area (Å²) < 4.78 is 19.9. The molecule has 4 heterocycles. The van der Waals surface area contributed by atoms with E-state index < -0.39 is 5.67 Å². The third-order valence-electron chi connectivity index (χ3n) is 6.20. The summed E-state index contributed by atoms with van der Waals surface area (Å²) in [5, 5.41) is 3.33. The molecule has 3 aromatic heterocycles. The molecule has 6 nitrogen and oxygen atoms in total. The summed E-state index contributed by atoms with van der Waals surface area (Å²) in [6.45, 7) is 14.5. The number of nitrogens with zero attached hydrogens (tertiary/aromatic N) is 4. The molecule has 4 rings (SSSR count). The van der Waals surface area contributed by atoms with Crippen LogP contribution < -0.4 is 10.2 Å². The molecule has 1 aliphatic rings. The van der Waals surface area contributed by atoms with Crippen LogP contribution in [0.25, 0.3) is 16.8 Å². The van der Waals surface area contributed by atoms with E-state index in [2.05, 4.69) is 45.8 Å². The molecule has 3 aromatic rings. The van der Waals surface area contributed by atoms with Gasteiger partial charge in [0.1, 0.15) is 5.67 Å². The number of rotatable bonds is 8. The molecular formula is C28H34FN5O. The maximum absolute atomic E-state index is 14.4. The van der Waals surface area contributed by atoms with E-state index in [1.54, 1.807) is 18.5 Å². The van der Waals surface area contributed by atoms with Crippen molar-refractivity contribution in [3.63, 3.8) is 0 Å². The summed E-state index contributed by atoms with van der Waals surface area (Å²) in [5.41, 5.74) is 6.33. The largest absolute Gasteiger partial charge is 0.378 e. The van der Waals surface area contributed by atoms with Crippen molar-refractivity contribution in [1.29, 1.82) is 0 Å². The number of aryl methyl sites for hydroxylation is 2. The number of halogens is 1. The Morgan fingerprint density at radius 2 is 1.91 bits per heavy atom. The molecule has 1 aliphatic heterocycles. The number of aromatic nitrogens is 3. The van der Waals surface area contributed by atoms with Crippen LogP contribution in [0.1, 0.15) is 49.8 Å². The van der Waals surface area contributed by atoms with E-state index in [1.165, 1.54) is 19.5 Å². The molecule has 0 radical (unpaired) electrons. The van der Waals surface area contributed by atoms with Gasteiger partial charge < -0.3 is 15.0 Å². The van der Waals surface area contributed by atoms with Crippen molar-refractivity contribution in [2.45, 2.75) is 46.2 Å². The highest BCUT2D eigenvalue weighted by molar-refractivity contribution is 5.79. The van der Waals surface area contributed by atoms with E-state index in [0.717, 1.165) is 72.9 Å². The van der Waals surface area contributed by atoms with Gasteiger partial charge in [0.05, 0.1) is 42.2 Å². The Morgan fingerprint density at radius 1 is 1.14 bits per heavy atom. The zero-order valence-electron chi connectivity index (χ0n) is 21.1. The van der Waals surface area contributed by atoms with Crippen LogP contribution in [0.15, 0.2) is 49.4 Å². The van der Waals surface area contributed by atoms with Crippen molar-refractivity contribution in [3.8, 4) is 11.1 Å². The molecule has 0 bridgehead atoms. The number of hydrogen-bond donors (Lipinski definition) is 1. The van der Waals surface area contributed by atoms with Crippen LogP contribution >= 0.6 is 0 Å². The summed E-state index contributed by atoms with van der Waals surface area (Å²) >= 11 is 0. The first-order chi connectivity index (χ1) is 16.8. The van der Waals surface area contributed by atoms with Gasteiger partial charge in [0, 0.05) is 53.6 Å². The smallest absolute Gasteiger partial charge is 0.147 e. The summed E-state index contributed by atoms with van der Waals surface area (Å²) in [4.78, 5) is 16.0. The van der Waals surface area contributed by atoms with Crippen molar-refractivity contribution >= 4 is 17.1 Å². The van der Waals surface area contributed by atoms with E-state index in [-0.39, 0.29) is 0 Å². The third kappa shape index (κ3) is 5.85. The van der Waals surface area contributed by atoms with Gasteiger partial charge in [0.25, 0.3) is 0 Å². The first kappa shape index (κ1) is 24.8. The Morgan fingerprint density at radius 3 is 2.63 bits per heavy atom. The predicted molar refractivity (Wildman–Crippen MR) is 140 cm³/mol. The maximum atomic E-state index is 14.4. The van der Waals surface area contributed by atoms with Crippen molar-refractivity contribution in [2.24, 2.45) is 0 Å². The molecule has 7 heteroatoms. The van der Waals surface area contributed by atoms with Crippen LogP contribution in [0.5, 0.6) is 0 Å². The number of pyridine rings is 3. The fraction of sp³-hybridized carbons (Fsp3) is 0.393. The van der Waals surface area contributed by atoms with Gasteiger partial charge in [-0.1, -0.05) is 19.9 Å². The van der Waals surface area contributed by atoms with E-state index in [1.807, 2.05) is 19.2 Å². The quantitative estimate of drug-likeness (QED) is 0.436. The van der Waals surface area contributed by atoms with Crippen LogP contribution in [-0.2, 0) is 16.8 Å². The van der Waals surface area contributed by atoms with Crippen LogP contribution in [0.2, 0.25) is 0 Å². The van der Waals surface area contributed by atoms with Gasteiger partial charge in [0.2, 0.25) is 0 Å². The lowest BCUT2D eigenvalue weighted by atomic mass is 10.0. The Balaban J connectivity index is 1.63. The molecule has 1 fully saturated rings. The summed E-state index contributed by atoms with van der Waals surface area (Å²) in [5.74, 6) is 0. The molecule has 0 unspecified atom stereocenters. The summed E-state index contributed by atoms with van der Waals surface area (Å²) in [7, 11) is 0. The summed E-state index contributed by atoms with van der Waals surface area (Å²) in [6, 6.07) is 7.83. The highest BCUT2D eigenvalue weighted by Crippen LogP contribution is 2.32. The minimum atomic E-state index is -1.52. The lowest BCUT2D eigenvalue weighted by Crippen LogP contribution is -2.37. The second kappa shape index (κ2) is 10.5. The van der Waals surface area contributed by atoms with Gasteiger partial charge in [-0.2, -0.15) is 0 Å². The monoisotopic (exact) mass is 475 g/mol. The number of alkyl halides is 1. The number of hydrogen-bond acceptors (Lipinski definition) is 6. The zero-order chi connectivity index (χ0) is 25.0. The minimum absolute atomic E-state index is 0.370. The lowest BCUT2D eigenvalue weighted by molar-refractivity contribution is 0.122. The van der Waals surface area contributed by atoms with Crippen LogP contribution in [-0.4, -0.2) is 41.3 Å². The lowest BCUT2D eigenvalue weighted by Gasteiger charge is -2.30. The van der Waals surface area contributed by atoms with E-state index >= 15 is 0 Å². The van der Waals surface area contributed by atoms with Crippen molar-refractivity contribution in [3.05, 3.63) is 72.1 Å². The zero-order valence-corrected chi connectivity index (χ0v) is 21.1. The highest BCUT2D eigenvalue weighted by atomic mass is 19.1. The fourth-order valence-electron chi connectivity index (χ4n) is 4.22. The normalized spacial score (nSPS) is 14.1. The number of anilines is 2. The van der Waals surface area contributed by atoms with Gasteiger partial charge in [-0.05, 0) is 51.5 Å². The van der Waals surface area contributed by atoms with Gasteiger partial charge in [-0.15, -0.1) is 0 Å². The van der Waals surface area contributed by atoms with Crippen LogP contribution in [0.3, 0.4) is 0 Å². The molecule has 0 spiro atoms. The molecule has 0 atom stereocenters. The first-order valence-corrected chi connectivity index (χ1v) is 12.2. The number of morpholine rings is 1. The SMILES string of the molecule is C=C(Nc1cnc(C)c(-c2cnc(CCC)c(N3CCOCC3)c2)c1)c1ccnc(C(C)(C)F)c1. The minimum Gasteiger partial charge on any atom is -0.378 e. The molecule has 1 saturated heterocycles. The van der Waals surface area contributed by atoms with Crippen LogP contribution in [0.4, 0.5) is 15.8 Å². The Labute approximate surface area is 207 Å². The fourth-order valence-corrected chi connectivity index (χ4v) is 4.22. The molecule has 0 saturated carbocycles. The standard InChI is InChI=1S/C28H34FN5O/c1-6-7-25-26(34-10-12-35-13-11-34)14-22(17-32-25)24-16-23(18-31-20(24)3)33-19(2)21-8-9-30-27(15-21)28(4,5)29/h8-9,14-18,33H,2,6-7,10-13H2,1,3-5H3. The Kier molecular flexibility index (Phi) is 7.45. The van der Waals surface area contributed by atoms with E-state index in [9.17, 15) is 4.39 Å². The van der Waals surface area contributed by atoms with Crippen molar-refractivity contribution in [1.82, 2.24) is 15.0 Å². The average Bonchev–Trinajstić information content (AvgIpc) is 2.86.